The first-order chi connectivity index (χ1) is 10.2. The smallest absolute Gasteiger partial charge is 0.153 e. The summed E-state index contributed by atoms with van der Waals surface area (Å²) in [5.41, 5.74) is 1.87. The Morgan fingerprint density at radius 2 is 2.00 bits per heavy atom. The number of halogens is 1. The molecule has 0 unspecified atom stereocenters. The Hall–Kier alpha value is -2.38. The van der Waals surface area contributed by atoms with Crippen molar-refractivity contribution in [3.63, 3.8) is 0 Å². The Kier molecular flexibility index (Phi) is 5.30. The van der Waals surface area contributed by atoms with Crippen molar-refractivity contribution >= 4 is 28.3 Å². The van der Waals surface area contributed by atoms with E-state index in [1.807, 2.05) is 30.3 Å². The molecule has 0 amide bonds. The molecule has 4 heteroatoms. The summed E-state index contributed by atoms with van der Waals surface area (Å²) in [6.07, 6.45) is 2.49. The molecular weight excluding hydrogens is 330 g/mol. The minimum absolute atomic E-state index is 0.119. The largest absolute Gasteiger partial charge is 0.487 e. The predicted octanol–water partition coefficient (Wildman–Crippen LogP) is 4.25. The van der Waals surface area contributed by atoms with Gasteiger partial charge in [0.1, 0.15) is 12.4 Å². The number of hydrogen-bond acceptors (Lipinski definition) is 3. The fraction of sp³-hybridized carbons (Fsp3) is 0.0588. The van der Waals surface area contributed by atoms with Crippen molar-refractivity contribution in [3.05, 3.63) is 69.7 Å². The lowest BCUT2D eigenvalue weighted by Gasteiger charge is -2.08. The average molecular weight is 342 g/mol. The van der Waals surface area contributed by atoms with Crippen molar-refractivity contribution < 1.29 is 9.53 Å². The van der Waals surface area contributed by atoms with Gasteiger partial charge >= 0.3 is 0 Å². The standard InChI is InChI=1S/C17H12BrNO2/c18-16-6-7-17(15(9-16)11-20)21-12-14(10-19)8-13-4-2-1-3-5-13/h1-9,11H,12H2/b14-8+. The van der Waals surface area contributed by atoms with Crippen LogP contribution in [0, 0.1) is 11.3 Å². The summed E-state index contributed by atoms with van der Waals surface area (Å²) in [6, 6.07) is 16.8. The van der Waals surface area contributed by atoms with Gasteiger partial charge in [0.15, 0.2) is 6.29 Å². The van der Waals surface area contributed by atoms with Gasteiger partial charge in [-0.1, -0.05) is 46.3 Å². The average Bonchev–Trinajstić information content (AvgIpc) is 2.53. The van der Waals surface area contributed by atoms with E-state index < -0.39 is 0 Å². The van der Waals surface area contributed by atoms with Crippen LogP contribution in [-0.2, 0) is 0 Å². The van der Waals surface area contributed by atoms with E-state index in [4.69, 9.17) is 10.00 Å². The molecule has 0 spiro atoms. The Labute approximate surface area is 131 Å². The monoisotopic (exact) mass is 341 g/mol. The molecule has 0 aliphatic carbocycles. The first kappa shape index (κ1) is 15.0. The van der Waals surface area contributed by atoms with Crippen LogP contribution >= 0.6 is 15.9 Å². The summed E-state index contributed by atoms with van der Waals surface area (Å²) >= 11 is 3.30. The second-order valence-electron chi connectivity index (χ2n) is 4.28. The number of carbonyl (C=O) groups is 1. The minimum atomic E-state index is 0.119. The summed E-state index contributed by atoms with van der Waals surface area (Å²) in [4.78, 5) is 11.0. The summed E-state index contributed by atoms with van der Waals surface area (Å²) in [5, 5.41) is 9.16. The highest BCUT2D eigenvalue weighted by Crippen LogP contribution is 2.22. The van der Waals surface area contributed by atoms with Gasteiger partial charge in [-0.05, 0) is 29.8 Å². The maximum atomic E-state index is 11.0. The van der Waals surface area contributed by atoms with Crippen LogP contribution in [0.4, 0.5) is 0 Å². The van der Waals surface area contributed by atoms with Gasteiger partial charge < -0.3 is 4.74 Å². The zero-order valence-electron chi connectivity index (χ0n) is 11.1. The molecule has 2 aromatic carbocycles. The highest BCUT2D eigenvalue weighted by Gasteiger charge is 2.05. The van der Waals surface area contributed by atoms with Gasteiger partial charge in [-0.25, -0.2) is 0 Å². The molecule has 2 rings (SSSR count). The third-order valence-electron chi connectivity index (χ3n) is 2.77. The highest BCUT2D eigenvalue weighted by atomic mass is 79.9. The summed E-state index contributed by atoms with van der Waals surface area (Å²) in [7, 11) is 0. The lowest BCUT2D eigenvalue weighted by molar-refractivity contribution is 0.112. The van der Waals surface area contributed by atoms with Crippen LogP contribution < -0.4 is 4.74 Å². The molecule has 104 valence electrons. The van der Waals surface area contributed by atoms with Crippen LogP contribution in [0.2, 0.25) is 0 Å². The number of aldehydes is 1. The number of nitriles is 1. The fourth-order valence-electron chi connectivity index (χ4n) is 1.76. The van der Waals surface area contributed by atoms with Crippen LogP contribution in [0.5, 0.6) is 5.75 Å². The van der Waals surface area contributed by atoms with Crippen molar-refractivity contribution in [2.24, 2.45) is 0 Å². The molecule has 3 nitrogen and oxygen atoms in total. The van der Waals surface area contributed by atoms with Crippen molar-refractivity contribution in [1.82, 2.24) is 0 Å². The van der Waals surface area contributed by atoms with Crippen LogP contribution in [0.25, 0.3) is 6.08 Å². The van der Waals surface area contributed by atoms with Gasteiger partial charge in [-0.3, -0.25) is 4.79 Å². The molecule has 0 saturated carbocycles. The van der Waals surface area contributed by atoms with Gasteiger partial charge in [-0.15, -0.1) is 0 Å². The van der Waals surface area contributed by atoms with Crippen molar-refractivity contribution in [1.29, 1.82) is 5.26 Å². The van der Waals surface area contributed by atoms with E-state index in [2.05, 4.69) is 22.0 Å². The summed E-state index contributed by atoms with van der Waals surface area (Å²) < 4.78 is 6.37. The quantitative estimate of drug-likeness (QED) is 0.603. The van der Waals surface area contributed by atoms with Gasteiger partial charge in [0.2, 0.25) is 0 Å². The van der Waals surface area contributed by atoms with Crippen LogP contribution in [0.1, 0.15) is 15.9 Å². The number of carbonyl (C=O) groups excluding carboxylic acids is 1. The van der Waals surface area contributed by atoms with Gasteiger partial charge in [0, 0.05) is 4.47 Å². The molecular formula is C17H12BrNO2. The normalized spacial score (nSPS) is 10.8. The maximum Gasteiger partial charge on any atom is 0.153 e. The zero-order valence-corrected chi connectivity index (χ0v) is 12.7. The van der Waals surface area contributed by atoms with E-state index >= 15 is 0 Å². The Bertz CT molecular complexity index is 702. The van der Waals surface area contributed by atoms with E-state index in [0.717, 1.165) is 16.3 Å². The lowest BCUT2D eigenvalue weighted by atomic mass is 10.1. The molecule has 2 aromatic rings. The van der Waals surface area contributed by atoms with Gasteiger partial charge in [-0.2, -0.15) is 5.26 Å². The molecule has 0 radical (unpaired) electrons. The Balaban J connectivity index is 2.13. The van der Waals surface area contributed by atoms with Gasteiger partial charge in [0.25, 0.3) is 0 Å². The molecule has 0 fully saturated rings. The molecule has 0 N–H and O–H groups in total. The zero-order chi connectivity index (χ0) is 15.1. The van der Waals surface area contributed by atoms with Crippen molar-refractivity contribution in [2.45, 2.75) is 0 Å². The van der Waals surface area contributed by atoms with Crippen molar-refractivity contribution in [2.75, 3.05) is 6.61 Å². The van der Waals surface area contributed by atoms with E-state index in [9.17, 15) is 4.79 Å². The number of ether oxygens (including phenoxy) is 1. The lowest BCUT2D eigenvalue weighted by Crippen LogP contribution is -2.02. The topological polar surface area (TPSA) is 50.1 Å². The summed E-state index contributed by atoms with van der Waals surface area (Å²) in [5.74, 6) is 0.461. The first-order valence-corrected chi connectivity index (χ1v) is 7.05. The number of benzene rings is 2. The molecule has 0 atom stereocenters. The predicted molar refractivity (Wildman–Crippen MR) is 85.1 cm³/mol. The second-order valence-corrected chi connectivity index (χ2v) is 5.20. The molecule has 0 aliphatic heterocycles. The second kappa shape index (κ2) is 7.41. The third kappa shape index (κ3) is 4.30. The SMILES string of the molecule is N#C/C(=C\c1ccccc1)COc1ccc(Br)cc1C=O. The molecule has 0 bridgehead atoms. The molecule has 0 saturated heterocycles. The highest BCUT2D eigenvalue weighted by molar-refractivity contribution is 9.10. The molecule has 0 aromatic heterocycles. The Morgan fingerprint density at radius 3 is 2.67 bits per heavy atom. The summed E-state index contributed by atoms with van der Waals surface area (Å²) in [6.45, 7) is 0.119. The molecule has 0 aliphatic rings. The number of nitrogens with zero attached hydrogens (tertiary/aromatic N) is 1. The number of rotatable bonds is 5. The van der Waals surface area contributed by atoms with Crippen LogP contribution in [-0.4, -0.2) is 12.9 Å². The molecule has 21 heavy (non-hydrogen) atoms. The van der Waals surface area contributed by atoms with E-state index in [1.54, 1.807) is 24.3 Å². The number of hydrogen-bond donors (Lipinski definition) is 0. The van der Waals surface area contributed by atoms with Gasteiger partial charge in [0.05, 0.1) is 17.2 Å². The fourth-order valence-corrected chi connectivity index (χ4v) is 2.13. The van der Waals surface area contributed by atoms with E-state index in [0.29, 0.717) is 16.9 Å². The Morgan fingerprint density at radius 1 is 1.24 bits per heavy atom. The maximum absolute atomic E-state index is 11.0. The van der Waals surface area contributed by atoms with E-state index in [1.165, 1.54) is 0 Å². The van der Waals surface area contributed by atoms with Crippen LogP contribution in [0.3, 0.4) is 0 Å². The molecule has 0 heterocycles. The van der Waals surface area contributed by atoms with Crippen LogP contribution in [0.15, 0.2) is 58.6 Å². The van der Waals surface area contributed by atoms with E-state index in [-0.39, 0.29) is 6.61 Å². The first-order valence-electron chi connectivity index (χ1n) is 6.26. The minimum Gasteiger partial charge on any atom is -0.487 e. The van der Waals surface area contributed by atoms with Crippen molar-refractivity contribution in [3.8, 4) is 11.8 Å². The third-order valence-corrected chi connectivity index (χ3v) is 3.26.